The van der Waals surface area contributed by atoms with Crippen molar-refractivity contribution in [3.8, 4) is 0 Å². The summed E-state index contributed by atoms with van der Waals surface area (Å²) in [5, 5.41) is 9.27. The molecule has 0 aliphatic heterocycles. The molecular formula is C19H17IN4O2S2. The predicted molar refractivity (Wildman–Crippen MR) is 126 cm³/mol. The van der Waals surface area contributed by atoms with Crippen molar-refractivity contribution in [1.29, 1.82) is 0 Å². The van der Waals surface area contributed by atoms with Gasteiger partial charge in [-0.2, -0.15) is 0 Å². The van der Waals surface area contributed by atoms with Crippen LogP contribution in [0, 0.1) is 3.57 Å². The zero-order valence-corrected chi connectivity index (χ0v) is 18.7. The lowest BCUT2D eigenvalue weighted by molar-refractivity contribution is -0.116. The lowest BCUT2D eigenvalue weighted by Crippen LogP contribution is -2.34. The fraction of sp³-hybridized carbons (Fsp3) is 0.158. The van der Waals surface area contributed by atoms with Crippen molar-refractivity contribution in [1.82, 2.24) is 10.3 Å². The molecule has 3 aromatic rings. The molecule has 0 spiro atoms. The first-order valence-corrected chi connectivity index (χ1v) is 10.8. The van der Waals surface area contributed by atoms with Gasteiger partial charge < -0.3 is 10.6 Å². The van der Waals surface area contributed by atoms with Gasteiger partial charge in [-0.25, -0.2) is 4.98 Å². The molecule has 0 unspecified atom stereocenters. The Balaban J connectivity index is 1.65. The zero-order valence-electron chi connectivity index (χ0n) is 14.9. The minimum atomic E-state index is -0.268. The Morgan fingerprint density at radius 3 is 2.75 bits per heavy atom. The summed E-state index contributed by atoms with van der Waals surface area (Å²) in [5.74, 6) is -0.310. The molecule has 2 aromatic carbocycles. The van der Waals surface area contributed by atoms with Crippen molar-refractivity contribution in [2.45, 2.75) is 19.8 Å². The topological polar surface area (TPSA) is 83.1 Å². The maximum atomic E-state index is 12.3. The number of carbonyl (C=O) groups excluding carboxylic acids is 2. The molecule has 3 N–H and O–H groups in total. The first-order valence-electron chi connectivity index (χ1n) is 8.53. The summed E-state index contributed by atoms with van der Waals surface area (Å²) in [6, 6.07) is 12.8. The molecule has 0 saturated heterocycles. The number of anilines is 2. The van der Waals surface area contributed by atoms with E-state index >= 15 is 0 Å². The van der Waals surface area contributed by atoms with Crippen LogP contribution < -0.4 is 16.0 Å². The standard InChI is InChI=1S/C19H17IN4O2S2/c1-2-4-16(25)23-19-22-14-8-7-13(10-15(14)28-19)21-18(27)24-17(26)11-5-3-6-12(20)9-11/h3,5-10H,2,4H2,1H3,(H,22,23,25)(H2,21,24,26,27). The number of thiazole rings is 1. The molecule has 2 amide bonds. The zero-order chi connectivity index (χ0) is 20.1. The van der Waals surface area contributed by atoms with Gasteiger partial charge in [-0.05, 0) is 77.6 Å². The van der Waals surface area contributed by atoms with Gasteiger partial charge in [0, 0.05) is 21.2 Å². The number of hydrogen-bond acceptors (Lipinski definition) is 5. The van der Waals surface area contributed by atoms with Gasteiger partial charge in [0.1, 0.15) is 0 Å². The minimum absolute atomic E-state index is 0.0423. The maximum Gasteiger partial charge on any atom is 0.257 e. The quantitative estimate of drug-likeness (QED) is 0.331. The Labute approximate surface area is 185 Å². The molecule has 6 nitrogen and oxygen atoms in total. The molecule has 3 rings (SSSR count). The number of hydrogen-bond donors (Lipinski definition) is 3. The first-order chi connectivity index (χ1) is 13.4. The van der Waals surface area contributed by atoms with E-state index in [0.717, 1.165) is 25.9 Å². The SMILES string of the molecule is CCCC(=O)Nc1nc2ccc(NC(=S)NC(=O)c3cccc(I)c3)cc2s1. The van der Waals surface area contributed by atoms with Gasteiger partial charge in [0.25, 0.3) is 5.91 Å². The Hall–Kier alpha value is -2.11. The normalized spacial score (nSPS) is 10.5. The van der Waals surface area contributed by atoms with Crippen LogP contribution in [0.25, 0.3) is 10.2 Å². The van der Waals surface area contributed by atoms with E-state index in [2.05, 4.69) is 43.5 Å². The largest absolute Gasteiger partial charge is 0.332 e. The molecule has 144 valence electrons. The van der Waals surface area contributed by atoms with Crippen molar-refractivity contribution in [2.75, 3.05) is 10.6 Å². The average molecular weight is 524 g/mol. The number of halogens is 1. The Kier molecular flexibility index (Phi) is 6.92. The smallest absolute Gasteiger partial charge is 0.257 e. The van der Waals surface area contributed by atoms with Gasteiger partial charge in [0.2, 0.25) is 5.91 Å². The van der Waals surface area contributed by atoms with Crippen LogP contribution in [0.5, 0.6) is 0 Å². The Bertz CT molecular complexity index is 1050. The number of rotatable bonds is 5. The van der Waals surface area contributed by atoms with Gasteiger partial charge >= 0.3 is 0 Å². The van der Waals surface area contributed by atoms with Crippen molar-refractivity contribution in [2.24, 2.45) is 0 Å². The lowest BCUT2D eigenvalue weighted by atomic mass is 10.2. The molecule has 0 atom stereocenters. The highest BCUT2D eigenvalue weighted by Gasteiger charge is 2.10. The molecule has 0 aliphatic rings. The number of aromatic nitrogens is 1. The van der Waals surface area contributed by atoms with E-state index in [4.69, 9.17) is 12.2 Å². The van der Waals surface area contributed by atoms with Crippen LogP contribution >= 0.6 is 46.1 Å². The van der Waals surface area contributed by atoms with E-state index in [-0.39, 0.29) is 16.9 Å². The molecule has 28 heavy (non-hydrogen) atoms. The van der Waals surface area contributed by atoms with Gasteiger partial charge in [-0.3, -0.25) is 14.9 Å². The van der Waals surface area contributed by atoms with Crippen LogP contribution in [0.4, 0.5) is 10.8 Å². The second kappa shape index (κ2) is 9.39. The Morgan fingerprint density at radius 2 is 2.00 bits per heavy atom. The van der Waals surface area contributed by atoms with Crippen LogP contribution in [-0.2, 0) is 4.79 Å². The van der Waals surface area contributed by atoms with E-state index in [9.17, 15) is 9.59 Å². The number of nitrogens with one attached hydrogen (secondary N) is 3. The highest BCUT2D eigenvalue weighted by atomic mass is 127. The number of benzene rings is 2. The molecule has 1 heterocycles. The molecule has 0 saturated carbocycles. The number of carbonyl (C=O) groups is 2. The molecular weight excluding hydrogens is 507 g/mol. The van der Waals surface area contributed by atoms with Crippen LogP contribution in [0.2, 0.25) is 0 Å². The number of nitrogens with zero attached hydrogens (tertiary/aromatic N) is 1. The van der Waals surface area contributed by atoms with Crippen molar-refractivity contribution in [3.63, 3.8) is 0 Å². The van der Waals surface area contributed by atoms with Crippen LogP contribution in [0.1, 0.15) is 30.1 Å². The summed E-state index contributed by atoms with van der Waals surface area (Å²) in [6.07, 6.45) is 1.26. The molecule has 1 aromatic heterocycles. The summed E-state index contributed by atoms with van der Waals surface area (Å²) >= 11 is 8.79. The third-order valence-electron chi connectivity index (χ3n) is 3.68. The summed E-state index contributed by atoms with van der Waals surface area (Å²) in [7, 11) is 0. The van der Waals surface area contributed by atoms with E-state index in [1.807, 2.05) is 37.3 Å². The monoisotopic (exact) mass is 524 g/mol. The number of fused-ring (bicyclic) bond motifs is 1. The van der Waals surface area contributed by atoms with Crippen LogP contribution in [-0.4, -0.2) is 21.9 Å². The fourth-order valence-electron chi connectivity index (χ4n) is 2.43. The molecule has 0 radical (unpaired) electrons. The first kappa shape index (κ1) is 20.6. The van der Waals surface area contributed by atoms with Crippen LogP contribution in [0.15, 0.2) is 42.5 Å². The summed E-state index contributed by atoms with van der Waals surface area (Å²) in [5.41, 5.74) is 2.06. The number of amides is 2. The summed E-state index contributed by atoms with van der Waals surface area (Å²) in [6.45, 7) is 1.95. The van der Waals surface area contributed by atoms with Crippen molar-refractivity contribution in [3.05, 3.63) is 51.6 Å². The Morgan fingerprint density at radius 1 is 1.18 bits per heavy atom. The highest BCUT2D eigenvalue weighted by Crippen LogP contribution is 2.28. The number of thiocarbonyl (C=S) groups is 1. The second-order valence-corrected chi connectivity index (χ2v) is 8.60. The molecule has 0 fully saturated rings. The summed E-state index contributed by atoms with van der Waals surface area (Å²) < 4.78 is 1.88. The predicted octanol–water partition coefficient (Wildman–Crippen LogP) is 4.77. The minimum Gasteiger partial charge on any atom is -0.332 e. The second-order valence-electron chi connectivity index (χ2n) is 5.92. The van der Waals surface area contributed by atoms with E-state index in [1.165, 1.54) is 11.3 Å². The lowest BCUT2D eigenvalue weighted by Gasteiger charge is -2.09. The maximum absolute atomic E-state index is 12.3. The van der Waals surface area contributed by atoms with Gasteiger partial charge in [-0.15, -0.1) is 0 Å². The van der Waals surface area contributed by atoms with E-state index in [1.54, 1.807) is 12.1 Å². The molecule has 0 bridgehead atoms. The third kappa shape index (κ3) is 5.46. The van der Waals surface area contributed by atoms with E-state index in [0.29, 0.717) is 17.1 Å². The van der Waals surface area contributed by atoms with Gasteiger partial charge in [0.05, 0.1) is 10.2 Å². The van der Waals surface area contributed by atoms with E-state index < -0.39 is 0 Å². The van der Waals surface area contributed by atoms with Crippen LogP contribution in [0.3, 0.4) is 0 Å². The summed E-state index contributed by atoms with van der Waals surface area (Å²) in [4.78, 5) is 28.4. The molecule has 9 heteroatoms. The fourth-order valence-corrected chi connectivity index (χ4v) is 4.11. The van der Waals surface area contributed by atoms with Crippen molar-refractivity contribution < 1.29 is 9.59 Å². The van der Waals surface area contributed by atoms with Gasteiger partial charge in [-0.1, -0.05) is 24.3 Å². The highest BCUT2D eigenvalue weighted by molar-refractivity contribution is 14.1. The van der Waals surface area contributed by atoms with Crippen molar-refractivity contribution >= 4 is 84.1 Å². The molecule has 0 aliphatic carbocycles. The average Bonchev–Trinajstić information content (AvgIpc) is 3.03. The third-order valence-corrected chi connectivity index (χ3v) is 5.49. The van der Waals surface area contributed by atoms with Gasteiger partial charge in [0.15, 0.2) is 10.2 Å².